The zero-order chi connectivity index (χ0) is 16.0. The van der Waals surface area contributed by atoms with Crippen LogP contribution in [0.3, 0.4) is 0 Å². The van der Waals surface area contributed by atoms with Crippen LogP contribution in [0.25, 0.3) is 0 Å². The maximum absolute atomic E-state index is 12.4. The van der Waals surface area contributed by atoms with E-state index in [2.05, 4.69) is 12.2 Å². The van der Waals surface area contributed by atoms with E-state index in [4.69, 9.17) is 0 Å². The van der Waals surface area contributed by atoms with Crippen molar-refractivity contribution in [1.29, 1.82) is 0 Å². The average molecular weight is 290 g/mol. The number of nitrogens with zero attached hydrogens (tertiary/aromatic N) is 1. The lowest BCUT2D eigenvalue weighted by Crippen LogP contribution is -2.47. The molecule has 4 nitrogen and oxygen atoms in total. The first kappa shape index (κ1) is 17.2. The molecule has 1 rings (SSSR count). The summed E-state index contributed by atoms with van der Waals surface area (Å²) in [5.74, 6) is -0.418. The maximum atomic E-state index is 12.4. The molecule has 0 atom stereocenters. The van der Waals surface area contributed by atoms with Crippen molar-refractivity contribution in [3.8, 4) is 0 Å². The van der Waals surface area contributed by atoms with Gasteiger partial charge in [-0.1, -0.05) is 19.1 Å². The largest absolute Gasteiger partial charge is 0.342 e. The molecule has 0 aliphatic rings. The van der Waals surface area contributed by atoms with Crippen molar-refractivity contribution < 1.29 is 9.59 Å². The van der Waals surface area contributed by atoms with Crippen LogP contribution in [-0.2, 0) is 16.0 Å². The fourth-order valence-corrected chi connectivity index (χ4v) is 2.11. The van der Waals surface area contributed by atoms with Crippen LogP contribution in [0.1, 0.15) is 40.2 Å². The summed E-state index contributed by atoms with van der Waals surface area (Å²) in [4.78, 5) is 26.5. The van der Waals surface area contributed by atoms with Gasteiger partial charge in [-0.25, -0.2) is 0 Å². The molecule has 0 bridgehead atoms. The molecule has 1 aromatic rings. The summed E-state index contributed by atoms with van der Waals surface area (Å²) >= 11 is 0. The van der Waals surface area contributed by atoms with Crippen LogP contribution in [0.15, 0.2) is 24.3 Å². The van der Waals surface area contributed by atoms with Crippen molar-refractivity contribution in [3.63, 3.8) is 0 Å². The quantitative estimate of drug-likeness (QED) is 0.819. The van der Waals surface area contributed by atoms with Gasteiger partial charge < -0.3 is 10.2 Å². The summed E-state index contributed by atoms with van der Waals surface area (Å²) in [6, 6.07) is 7.70. The molecule has 0 aliphatic carbocycles. The lowest BCUT2D eigenvalue weighted by molar-refractivity contribution is -0.146. The number of carbonyl (C=O) groups is 2. The highest BCUT2D eigenvalue weighted by molar-refractivity contribution is 6.09. The van der Waals surface area contributed by atoms with E-state index in [0.29, 0.717) is 13.1 Å². The Balaban J connectivity index is 2.82. The van der Waals surface area contributed by atoms with Gasteiger partial charge in [0.25, 0.3) is 0 Å². The number of nitrogens with one attached hydrogen (secondary N) is 1. The van der Waals surface area contributed by atoms with Crippen molar-refractivity contribution in [2.24, 2.45) is 5.41 Å². The summed E-state index contributed by atoms with van der Waals surface area (Å²) in [5, 5.41) is 2.83. The van der Waals surface area contributed by atoms with Crippen LogP contribution in [0.4, 0.5) is 5.69 Å². The number of hydrogen-bond donors (Lipinski definition) is 1. The SMILES string of the molecule is CCc1ccc(NC(=O)C(C)(C)C(=O)N(CC)CC)cc1. The monoisotopic (exact) mass is 290 g/mol. The third kappa shape index (κ3) is 4.06. The molecule has 0 heterocycles. The molecule has 1 N–H and O–H groups in total. The summed E-state index contributed by atoms with van der Waals surface area (Å²) in [6.07, 6.45) is 0.958. The molecular weight excluding hydrogens is 264 g/mol. The zero-order valence-electron chi connectivity index (χ0n) is 13.7. The molecular formula is C17H26N2O2. The summed E-state index contributed by atoms with van der Waals surface area (Å²) in [7, 11) is 0. The van der Waals surface area contributed by atoms with Gasteiger partial charge in [0.15, 0.2) is 0 Å². The lowest BCUT2D eigenvalue weighted by Gasteiger charge is -2.29. The van der Waals surface area contributed by atoms with E-state index in [9.17, 15) is 9.59 Å². The molecule has 21 heavy (non-hydrogen) atoms. The standard InChI is InChI=1S/C17H26N2O2/c1-6-13-9-11-14(12-10-13)18-15(20)17(4,5)16(21)19(7-2)8-3/h9-12H,6-8H2,1-5H3,(H,18,20). The Morgan fingerprint density at radius 3 is 2.00 bits per heavy atom. The topological polar surface area (TPSA) is 49.4 Å². The second-order valence-electron chi connectivity index (χ2n) is 5.61. The fourth-order valence-electron chi connectivity index (χ4n) is 2.11. The molecule has 1 aromatic carbocycles. The molecule has 0 spiro atoms. The second-order valence-corrected chi connectivity index (χ2v) is 5.61. The molecule has 0 aliphatic heterocycles. The van der Waals surface area contributed by atoms with E-state index in [1.54, 1.807) is 18.7 Å². The molecule has 0 saturated heterocycles. The third-order valence-electron chi connectivity index (χ3n) is 3.77. The van der Waals surface area contributed by atoms with Gasteiger partial charge in [-0.2, -0.15) is 0 Å². The van der Waals surface area contributed by atoms with Crippen LogP contribution < -0.4 is 5.32 Å². The highest BCUT2D eigenvalue weighted by atomic mass is 16.2. The van der Waals surface area contributed by atoms with Gasteiger partial charge in [0, 0.05) is 18.8 Å². The first-order valence-corrected chi connectivity index (χ1v) is 7.56. The number of rotatable bonds is 6. The van der Waals surface area contributed by atoms with Gasteiger partial charge in [0.2, 0.25) is 11.8 Å². The minimum Gasteiger partial charge on any atom is -0.342 e. The van der Waals surface area contributed by atoms with Crippen LogP contribution in [0.2, 0.25) is 0 Å². The number of amides is 2. The Morgan fingerprint density at radius 2 is 1.57 bits per heavy atom. The number of benzene rings is 1. The fraction of sp³-hybridized carbons (Fsp3) is 0.529. The first-order valence-electron chi connectivity index (χ1n) is 7.56. The van der Waals surface area contributed by atoms with Crippen LogP contribution >= 0.6 is 0 Å². The Morgan fingerprint density at radius 1 is 1.05 bits per heavy atom. The molecule has 116 valence electrons. The Bertz CT molecular complexity index is 488. The molecule has 0 aromatic heterocycles. The average Bonchev–Trinajstić information content (AvgIpc) is 2.49. The Labute approximate surface area is 127 Å². The summed E-state index contributed by atoms with van der Waals surface area (Å²) in [6.45, 7) is 10.5. The first-order chi connectivity index (χ1) is 9.86. The van der Waals surface area contributed by atoms with Gasteiger partial charge >= 0.3 is 0 Å². The van der Waals surface area contributed by atoms with E-state index in [0.717, 1.165) is 12.1 Å². The predicted molar refractivity (Wildman–Crippen MR) is 86.2 cm³/mol. The van der Waals surface area contributed by atoms with Gasteiger partial charge in [-0.15, -0.1) is 0 Å². The van der Waals surface area contributed by atoms with Crippen molar-refractivity contribution in [2.45, 2.75) is 41.0 Å². The summed E-state index contributed by atoms with van der Waals surface area (Å²) in [5.41, 5.74) is 0.860. The van der Waals surface area contributed by atoms with Crippen molar-refractivity contribution in [3.05, 3.63) is 29.8 Å². The van der Waals surface area contributed by atoms with Gasteiger partial charge in [-0.3, -0.25) is 9.59 Å². The van der Waals surface area contributed by atoms with E-state index in [1.165, 1.54) is 5.56 Å². The van der Waals surface area contributed by atoms with Crippen LogP contribution in [-0.4, -0.2) is 29.8 Å². The van der Waals surface area contributed by atoms with Crippen molar-refractivity contribution in [2.75, 3.05) is 18.4 Å². The van der Waals surface area contributed by atoms with Gasteiger partial charge in [0.1, 0.15) is 5.41 Å². The lowest BCUT2D eigenvalue weighted by atomic mass is 9.90. The Kier molecular flexibility index (Phi) is 5.94. The smallest absolute Gasteiger partial charge is 0.239 e. The predicted octanol–water partition coefficient (Wildman–Crippen LogP) is 3.08. The minimum absolute atomic E-state index is 0.143. The molecule has 0 saturated carbocycles. The number of aryl methyl sites for hydroxylation is 1. The van der Waals surface area contributed by atoms with Crippen LogP contribution in [0.5, 0.6) is 0 Å². The van der Waals surface area contributed by atoms with E-state index < -0.39 is 5.41 Å². The number of carbonyl (C=O) groups excluding carboxylic acids is 2. The van der Waals surface area contributed by atoms with Crippen LogP contribution in [0, 0.1) is 5.41 Å². The van der Waals surface area contributed by atoms with Gasteiger partial charge in [-0.05, 0) is 51.8 Å². The van der Waals surface area contributed by atoms with Crippen molar-refractivity contribution >= 4 is 17.5 Å². The highest BCUT2D eigenvalue weighted by Gasteiger charge is 2.38. The molecule has 0 unspecified atom stereocenters. The maximum Gasteiger partial charge on any atom is 0.239 e. The Hall–Kier alpha value is -1.84. The molecule has 0 fully saturated rings. The van der Waals surface area contributed by atoms with Crippen molar-refractivity contribution in [1.82, 2.24) is 4.90 Å². The molecule has 0 radical (unpaired) electrons. The molecule has 4 heteroatoms. The van der Waals surface area contributed by atoms with E-state index in [1.807, 2.05) is 38.1 Å². The number of anilines is 1. The normalized spacial score (nSPS) is 11.1. The summed E-state index contributed by atoms with van der Waals surface area (Å²) < 4.78 is 0. The van der Waals surface area contributed by atoms with E-state index >= 15 is 0 Å². The van der Waals surface area contributed by atoms with E-state index in [-0.39, 0.29) is 11.8 Å². The number of hydrogen-bond acceptors (Lipinski definition) is 2. The third-order valence-corrected chi connectivity index (χ3v) is 3.77. The zero-order valence-corrected chi connectivity index (χ0v) is 13.7. The molecule has 2 amide bonds. The second kappa shape index (κ2) is 7.25. The highest BCUT2D eigenvalue weighted by Crippen LogP contribution is 2.22. The van der Waals surface area contributed by atoms with Gasteiger partial charge in [0.05, 0.1) is 0 Å². The minimum atomic E-state index is -1.07.